The molecule has 7 heteroatoms. The molecule has 0 bridgehead atoms. The normalized spacial score (nSPS) is 13.7. The Kier molecular flexibility index (Phi) is 3.08. The van der Waals surface area contributed by atoms with Gasteiger partial charge in [-0.1, -0.05) is 12.1 Å². The van der Waals surface area contributed by atoms with E-state index in [0.717, 1.165) is 12.1 Å². The van der Waals surface area contributed by atoms with Gasteiger partial charge in [-0.25, -0.2) is 4.39 Å². The first-order chi connectivity index (χ1) is 9.86. The lowest BCUT2D eigenvalue weighted by atomic mass is 9.75. The van der Waals surface area contributed by atoms with E-state index in [4.69, 9.17) is 9.31 Å². The fraction of sp³-hybridized carbons (Fsp3) is 0.143. The fourth-order valence-corrected chi connectivity index (χ4v) is 2.14. The van der Waals surface area contributed by atoms with Crippen LogP contribution in [0.2, 0.25) is 0 Å². The van der Waals surface area contributed by atoms with Crippen LogP contribution < -0.4 is 14.8 Å². The molecule has 2 aromatic carbocycles. The molecule has 1 aliphatic heterocycles. The van der Waals surface area contributed by atoms with Crippen LogP contribution in [0.4, 0.5) is 17.6 Å². The van der Waals surface area contributed by atoms with Crippen molar-refractivity contribution in [2.75, 3.05) is 0 Å². The molecule has 0 N–H and O–H groups in total. The van der Waals surface area contributed by atoms with Gasteiger partial charge >= 0.3 is 13.3 Å². The van der Waals surface area contributed by atoms with Crippen LogP contribution in [0.1, 0.15) is 11.1 Å². The van der Waals surface area contributed by atoms with E-state index in [1.54, 1.807) is 6.92 Å². The largest absolute Gasteiger partial charge is 0.633 e. The molecule has 0 unspecified atom stereocenters. The van der Waals surface area contributed by atoms with E-state index in [9.17, 15) is 17.6 Å². The number of rotatable bonds is 1. The van der Waals surface area contributed by atoms with Crippen LogP contribution in [0.25, 0.3) is 0 Å². The van der Waals surface area contributed by atoms with Gasteiger partial charge in [0.15, 0.2) is 11.6 Å². The first kappa shape index (κ1) is 13.8. The van der Waals surface area contributed by atoms with Crippen molar-refractivity contribution in [2.45, 2.75) is 13.1 Å². The smallest absolute Gasteiger partial charge is 0.519 e. The zero-order valence-electron chi connectivity index (χ0n) is 10.9. The number of benzene rings is 2. The summed E-state index contributed by atoms with van der Waals surface area (Å²) in [6.45, 7) is 1.64. The second kappa shape index (κ2) is 4.68. The standard InChI is InChI=1S/C14H9BF4O2/c1-8-5-6-9(14(17,18)19)7-10(8)15-20-12-4-2-3-11(16)13(12)21-15/h2-7H,1H3. The highest BCUT2D eigenvalue weighted by molar-refractivity contribution is 6.64. The van der Waals surface area contributed by atoms with Gasteiger partial charge in [0.25, 0.3) is 0 Å². The van der Waals surface area contributed by atoms with Gasteiger partial charge in [-0.2, -0.15) is 13.2 Å². The van der Waals surface area contributed by atoms with E-state index < -0.39 is 24.7 Å². The number of fused-ring (bicyclic) bond motifs is 1. The summed E-state index contributed by atoms with van der Waals surface area (Å²) in [5.41, 5.74) is -0.00614. The second-order valence-electron chi connectivity index (χ2n) is 4.70. The third-order valence-electron chi connectivity index (χ3n) is 3.25. The summed E-state index contributed by atoms with van der Waals surface area (Å²) in [6, 6.07) is 7.43. The second-order valence-corrected chi connectivity index (χ2v) is 4.70. The van der Waals surface area contributed by atoms with Crippen molar-refractivity contribution in [3.63, 3.8) is 0 Å². The number of hydrogen-bond donors (Lipinski definition) is 0. The van der Waals surface area contributed by atoms with Crippen LogP contribution in [0.15, 0.2) is 36.4 Å². The summed E-state index contributed by atoms with van der Waals surface area (Å²) >= 11 is 0. The summed E-state index contributed by atoms with van der Waals surface area (Å²) < 4.78 is 62.6. The lowest BCUT2D eigenvalue weighted by Crippen LogP contribution is -2.41. The van der Waals surface area contributed by atoms with Gasteiger partial charge in [-0.15, -0.1) is 0 Å². The Morgan fingerprint density at radius 1 is 1.05 bits per heavy atom. The Labute approximate surface area is 118 Å². The minimum Gasteiger partial charge on any atom is -0.519 e. The van der Waals surface area contributed by atoms with Gasteiger partial charge in [-0.3, -0.25) is 0 Å². The molecule has 0 aliphatic carbocycles. The summed E-state index contributed by atoms with van der Waals surface area (Å²) in [7, 11) is -1.08. The Balaban J connectivity index is 1.98. The molecule has 0 atom stereocenters. The first-order valence-electron chi connectivity index (χ1n) is 6.16. The van der Waals surface area contributed by atoms with E-state index in [1.165, 1.54) is 24.3 Å². The van der Waals surface area contributed by atoms with Gasteiger partial charge in [0, 0.05) is 5.46 Å². The third-order valence-corrected chi connectivity index (χ3v) is 3.25. The van der Waals surface area contributed by atoms with Gasteiger partial charge in [0.1, 0.15) is 5.75 Å². The highest BCUT2D eigenvalue weighted by Crippen LogP contribution is 2.36. The van der Waals surface area contributed by atoms with Crippen molar-refractivity contribution in [1.82, 2.24) is 0 Å². The average molecular weight is 296 g/mol. The molecule has 1 aliphatic rings. The highest BCUT2D eigenvalue weighted by atomic mass is 19.4. The van der Waals surface area contributed by atoms with Crippen LogP contribution in [-0.2, 0) is 6.18 Å². The van der Waals surface area contributed by atoms with Crippen molar-refractivity contribution in [3.8, 4) is 11.5 Å². The molecular weight excluding hydrogens is 287 g/mol. The molecule has 2 aromatic rings. The Bertz CT molecular complexity index is 700. The van der Waals surface area contributed by atoms with E-state index in [-0.39, 0.29) is 17.0 Å². The summed E-state index contributed by atoms with van der Waals surface area (Å²) in [4.78, 5) is 0. The maximum absolute atomic E-state index is 13.6. The zero-order chi connectivity index (χ0) is 15.2. The molecule has 0 aromatic heterocycles. The molecular formula is C14H9BF4O2. The van der Waals surface area contributed by atoms with Crippen molar-refractivity contribution in [2.24, 2.45) is 0 Å². The Morgan fingerprint density at radius 3 is 2.48 bits per heavy atom. The quantitative estimate of drug-likeness (QED) is 0.593. The number of hydrogen-bond acceptors (Lipinski definition) is 2. The van der Waals surface area contributed by atoms with Gasteiger partial charge in [0.05, 0.1) is 5.56 Å². The van der Waals surface area contributed by atoms with Crippen LogP contribution in [0.3, 0.4) is 0 Å². The lowest BCUT2D eigenvalue weighted by molar-refractivity contribution is -0.137. The molecule has 0 saturated heterocycles. The lowest BCUT2D eigenvalue weighted by Gasteiger charge is -2.12. The SMILES string of the molecule is Cc1ccc(C(F)(F)F)cc1B1Oc2cccc(F)c2O1. The number of halogens is 4. The van der Waals surface area contributed by atoms with Crippen molar-refractivity contribution >= 4 is 12.6 Å². The minimum absolute atomic E-state index is 0.0840. The maximum atomic E-state index is 13.6. The third kappa shape index (κ3) is 2.43. The topological polar surface area (TPSA) is 18.5 Å². The molecule has 3 rings (SSSR count). The van der Waals surface area contributed by atoms with Crippen LogP contribution in [0, 0.1) is 12.7 Å². The molecule has 1 heterocycles. The van der Waals surface area contributed by atoms with Crippen molar-refractivity contribution in [1.29, 1.82) is 0 Å². The van der Waals surface area contributed by atoms with Gasteiger partial charge in [-0.05, 0) is 36.8 Å². The van der Waals surface area contributed by atoms with Gasteiger partial charge in [0.2, 0.25) is 0 Å². The van der Waals surface area contributed by atoms with Gasteiger partial charge < -0.3 is 9.31 Å². The van der Waals surface area contributed by atoms with Crippen LogP contribution >= 0.6 is 0 Å². The highest BCUT2D eigenvalue weighted by Gasteiger charge is 2.39. The molecule has 21 heavy (non-hydrogen) atoms. The van der Waals surface area contributed by atoms with Crippen LogP contribution in [0.5, 0.6) is 11.5 Å². The fourth-order valence-electron chi connectivity index (χ4n) is 2.14. The summed E-state index contributed by atoms with van der Waals surface area (Å²) in [6.07, 6.45) is -4.46. The first-order valence-corrected chi connectivity index (χ1v) is 6.16. The monoisotopic (exact) mass is 296 g/mol. The Hall–Kier alpha value is -2.18. The molecule has 0 radical (unpaired) electrons. The number of para-hydroxylation sites is 1. The van der Waals surface area contributed by atoms with E-state index in [2.05, 4.69) is 0 Å². The van der Waals surface area contributed by atoms with E-state index >= 15 is 0 Å². The predicted octanol–water partition coefficient (Wildman–Crippen LogP) is 3.32. The number of alkyl halides is 3. The van der Waals surface area contributed by atoms with Crippen molar-refractivity contribution in [3.05, 3.63) is 53.3 Å². The molecule has 0 saturated carbocycles. The summed E-state index contributed by atoms with van der Waals surface area (Å²) in [5, 5.41) is 0. The van der Waals surface area contributed by atoms with E-state index in [0.29, 0.717) is 5.56 Å². The van der Waals surface area contributed by atoms with Crippen molar-refractivity contribution < 1.29 is 26.9 Å². The average Bonchev–Trinajstić information content (AvgIpc) is 2.83. The van der Waals surface area contributed by atoms with Crippen LogP contribution in [-0.4, -0.2) is 7.12 Å². The Morgan fingerprint density at radius 2 is 1.81 bits per heavy atom. The molecule has 108 valence electrons. The molecule has 0 fully saturated rings. The zero-order valence-corrected chi connectivity index (χ0v) is 10.9. The maximum Gasteiger partial charge on any atom is 0.633 e. The number of aryl methyl sites for hydroxylation is 1. The summed E-state index contributed by atoms with van der Waals surface area (Å²) in [5.74, 6) is -0.518. The molecule has 0 amide bonds. The van der Waals surface area contributed by atoms with E-state index in [1.807, 2.05) is 0 Å². The predicted molar refractivity (Wildman–Crippen MR) is 69.2 cm³/mol. The molecule has 2 nitrogen and oxygen atoms in total. The molecule has 0 spiro atoms. The minimum atomic E-state index is -4.46.